The van der Waals surface area contributed by atoms with Gasteiger partial charge < -0.3 is 10.1 Å². The predicted molar refractivity (Wildman–Crippen MR) is 49.1 cm³/mol. The van der Waals surface area contributed by atoms with Crippen molar-refractivity contribution in [2.45, 2.75) is 19.8 Å². The summed E-state index contributed by atoms with van der Waals surface area (Å²) >= 11 is 0. The Hall–Kier alpha value is -1.32. The van der Waals surface area contributed by atoms with Crippen LogP contribution in [-0.4, -0.2) is 25.5 Å². The van der Waals surface area contributed by atoms with Crippen LogP contribution in [-0.2, 0) is 14.3 Å². The number of carbonyl (C=O) groups excluding carboxylic acids is 2. The average molecular weight is 185 g/mol. The fourth-order valence-corrected chi connectivity index (χ4v) is 0.725. The van der Waals surface area contributed by atoms with Crippen LogP contribution in [0.5, 0.6) is 0 Å². The number of rotatable bonds is 5. The van der Waals surface area contributed by atoms with E-state index in [1.165, 1.54) is 0 Å². The van der Waals surface area contributed by atoms with E-state index in [2.05, 4.69) is 11.9 Å². The first kappa shape index (κ1) is 11.7. The lowest BCUT2D eigenvalue weighted by Crippen LogP contribution is -2.18. The first-order chi connectivity index (χ1) is 6.11. The molecule has 0 rings (SSSR count). The zero-order valence-corrected chi connectivity index (χ0v) is 8.05. The summed E-state index contributed by atoms with van der Waals surface area (Å²) in [4.78, 5) is 21.8. The third-order valence-electron chi connectivity index (χ3n) is 1.50. The van der Waals surface area contributed by atoms with Gasteiger partial charge in [-0.1, -0.05) is 6.58 Å². The molecule has 74 valence electrons. The zero-order valence-electron chi connectivity index (χ0n) is 8.05. The van der Waals surface area contributed by atoms with E-state index in [-0.39, 0.29) is 12.3 Å². The number of nitrogens with one attached hydrogen (secondary N) is 1. The van der Waals surface area contributed by atoms with Gasteiger partial charge in [-0.3, -0.25) is 4.79 Å². The maximum Gasteiger partial charge on any atom is 0.333 e. The second kappa shape index (κ2) is 6.22. The normalized spacial score (nSPS) is 9.08. The van der Waals surface area contributed by atoms with Gasteiger partial charge in [-0.25, -0.2) is 4.79 Å². The van der Waals surface area contributed by atoms with Crippen molar-refractivity contribution < 1.29 is 14.3 Å². The molecule has 0 aromatic rings. The van der Waals surface area contributed by atoms with Crippen molar-refractivity contribution in [1.82, 2.24) is 5.32 Å². The van der Waals surface area contributed by atoms with Crippen LogP contribution in [0.4, 0.5) is 0 Å². The molecular formula is C9H15NO3. The summed E-state index contributed by atoms with van der Waals surface area (Å²) in [5.74, 6) is -0.531. The molecule has 0 saturated heterocycles. The van der Waals surface area contributed by atoms with Gasteiger partial charge in [-0.2, -0.15) is 0 Å². The van der Waals surface area contributed by atoms with Crippen molar-refractivity contribution in [2.24, 2.45) is 0 Å². The van der Waals surface area contributed by atoms with Crippen molar-refractivity contribution in [3.05, 3.63) is 12.2 Å². The summed E-state index contributed by atoms with van der Waals surface area (Å²) in [5, 5.41) is 2.46. The van der Waals surface area contributed by atoms with E-state index in [1.807, 2.05) is 0 Å². The molecule has 0 fully saturated rings. The zero-order chi connectivity index (χ0) is 10.3. The SMILES string of the molecule is C=C(CCC(=O)NC)C(=O)OCC. The molecule has 0 bridgehead atoms. The Balaban J connectivity index is 3.74. The quantitative estimate of drug-likeness (QED) is 0.505. The lowest BCUT2D eigenvalue weighted by molar-refractivity contribution is -0.138. The van der Waals surface area contributed by atoms with Gasteiger partial charge in [0.15, 0.2) is 0 Å². The molecule has 13 heavy (non-hydrogen) atoms. The molecule has 1 N–H and O–H groups in total. The number of hydrogen-bond donors (Lipinski definition) is 1. The average Bonchev–Trinajstić information content (AvgIpc) is 2.13. The van der Waals surface area contributed by atoms with Crippen LogP contribution in [0.15, 0.2) is 12.2 Å². The third-order valence-corrected chi connectivity index (χ3v) is 1.50. The molecule has 0 unspecified atom stereocenters. The van der Waals surface area contributed by atoms with E-state index in [1.54, 1.807) is 14.0 Å². The molecule has 0 atom stereocenters. The first-order valence-corrected chi connectivity index (χ1v) is 4.17. The highest BCUT2D eigenvalue weighted by atomic mass is 16.5. The molecule has 0 aliphatic heterocycles. The van der Waals surface area contributed by atoms with E-state index in [0.29, 0.717) is 18.6 Å². The lowest BCUT2D eigenvalue weighted by atomic mass is 10.1. The van der Waals surface area contributed by atoms with E-state index < -0.39 is 5.97 Å². The van der Waals surface area contributed by atoms with Gasteiger partial charge in [0, 0.05) is 19.0 Å². The molecule has 0 aromatic carbocycles. The van der Waals surface area contributed by atoms with Crippen molar-refractivity contribution in [1.29, 1.82) is 0 Å². The number of amides is 1. The number of esters is 1. The lowest BCUT2D eigenvalue weighted by Gasteiger charge is -2.03. The Labute approximate surface area is 78.0 Å². The minimum atomic E-state index is -0.425. The summed E-state index contributed by atoms with van der Waals surface area (Å²) in [6, 6.07) is 0. The Morgan fingerprint density at radius 2 is 2.00 bits per heavy atom. The molecule has 4 heteroatoms. The van der Waals surface area contributed by atoms with E-state index in [4.69, 9.17) is 4.74 Å². The van der Waals surface area contributed by atoms with Crippen LogP contribution in [0.3, 0.4) is 0 Å². The van der Waals surface area contributed by atoms with Crippen molar-refractivity contribution >= 4 is 11.9 Å². The summed E-state index contributed by atoms with van der Waals surface area (Å²) in [6.07, 6.45) is 0.618. The van der Waals surface area contributed by atoms with E-state index >= 15 is 0 Å². The first-order valence-electron chi connectivity index (χ1n) is 4.17. The van der Waals surface area contributed by atoms with Gasteiger partial charge in [0.05, 0.1) is 6.61 Å². The third kappa shape index (κ3) is 5.00. The Morgan fingerprint density at radius 1 is 1.38 bits per heavy atom. The molecule has 0 aliphatic rings. The van der Waals surface area contributed by atoms with Gasteiger partial charge in [-0.15, -0.1) is 0 Å². The second-order valence-electron chi connectivity index (χ2n) is 2.50. The summed E-state index contributed by atoms with van der Waals surface area (Å²) in [5.41, 5.74) is 0.338. The van der Waals surface area contributed by atoms with Crippen molar-refractivity contribution in [2.75, 3.05) is 13.7 Å². The van der Waals surface area contributed by atoms with Crippen LogP contribution in [0, 0.1) is 0 Å². The van der Waals surface area contributed by atoms with Crippen molar-refractivity contribution in [3.8, 4) is 0 Å². The second-order valence-corrected chi connectivity index (χ2v) is 2.50. The van der Waals surface area contributed by atoms with E-state index in [9.17, 15) is 9.59 Å². The standard InChI is InChI=1S/C9H15NO3/c1-4-13-9(12)7(2)5-6-8(11)10-3/h2,4-6H2,1,3H3,(H,10,11). The summed E-state index contributed by atoms with van der Waals surface area (Å²) < 4.78 is 4.70. The van der Waals surface area contributed by atoms with Crippen LogP contribution in [0.2, 0.25) is 0 Å². The molecule has 0 radical (unpaired) electrons. The molecule has 0 spiro atoms. The van der Waals surface area contributed by atoms with E-state index in [0.717, 1.165) is 0 Å². The highest BCUT2D eigenvalue weighted by molar-refractivity contribution is 5.88. The van der Waals surface area contributed by atoms with Gasteiger partial charge in [0.1, 0.15) is 0 Å². The maximum atomic E-state index is 11.0. The van der Waals surface area contributed by atoms with Gasteiger partial charge in [0.25, 0.3) is 0 Å². The molecule has 0 aliphatic carbocycles. The highest BCUT2D eigenvalue weighted by Gasteiger charge is 2.08. The van der Waals surface area contributed by atoms with Gasteiger partial charge in [0.2, 0.25) is 5.91 Å². The summed E-state index contributed by atoms with van der Waals surface area (Å²) in [7, 11) is 1.55. The largest absolute Gasteiger partial charge is 0.463 e. The Morgan fingerprint density at radius 3 is 2.46 bits per heavy atom. The fraction of sp³-hybridized carbons (Fsp3) is 0.556. The van der Waals surface area contributed by atoms with Gasteiger partial charge >= 0.3 is 5.97 Å². The van der Waals surface area contributed by atoms with Gasteiger partial charge in [-0.05, 0) is 13.3 Å². The number of carbonyl (C=O) groups is 2. The Kier molecular flexibility index (Phi) is 5.59. The molecule has 0 heterocycles. The highest BCUT2D eigenvalue weighted by Crippen LogP contribution is 2.04. The molecule has 4 nitrogen and oxygen atoms in total. The Bertz CT molecular complexity index is 211. The molecule has 0 aromatic heterocycles. The van der Waals surface area contributed by atoms with Crippen LogP contribution < -0.4 is 5.32 Å². The maximum absolute atomic E-state index is 11.0. The predicted octanol–water partition coefficient (Wildman–Crippen LogP) is 0.632. The molecule has 1 amide bonds. The molecular weight excluding hydrogens is 170 g/mol. The summed E-state index contributed by atoms with van der Waals surface area (Å²) in [6.45, 7) is 5.58. The topological polar surface area (TPSA) is 55.4 Å². The minimum Gasteiger partial charge on any atom is -0.463 e. The smallest absolute Gasteiger partial charge is 0.333 e. The van der Waals surface area contributed by atoms with Crippen LogP contribution in [0.25, 0.3) is 0 Å². The molecule has 0 saturated carbocycles. The van der Waals surface area contributed by atoms with Crippen LogP contribution in [0.1, 0.15) is 19.8 Å². The monoisotopic (exact) mass is 185 g/mol. The van der Waals surface area contributed by atoms with Crippen LogP contribution >= 0.6 is 0 Å². The minimum absolute atomic E-state index is 0.106. The fourth-order valence-electron chi connectivity index (χ4n) is 0.725. The number of ether oxygens (including phenoxy) is 1. The van der Waals surface area contributed by atoms with Crippen molar-refractivity contribution in [3.63, 3.8) is 0 Å². The number of hydrogen-bond acceptors (Lipinski definition) is 3.